The third-order valence-electron chi connectivity index (χ3n) is 1.17. The van der Waals surface area contributed by atoms with Crippen LogP contribution in [0.1, 0.15) is 13.8 Å². The fraction of sp³-hybridized carbons (Fsp3) is 0.286. The van der Waals surface area contributed by atoms with Crippen LogP contribution in [0, 0.1) is 0 Å². The van der Waals surface area contributed by atoms with Crippen molar-refractivity contribution in [3.63, 3.8) is 0 Å². The number of allylic oxidation sites excluding steroid dienone is 1. The van der Waals surface area contributed by atoms with Gasteiger partial charge in [-0.05, 0) is 20.0 Å². The lowest BCUT2D eigenvalue weighted by molar-refractivity contribution is -0.116. The molecule has 0 aliphatic rings. The zero-order chi connectivity index (χ0) is 8.15. The molecule has 0 aromatic carbocycles. The molecule has 10 heavy (non-hydrogen) atoms. The summed E-state index contributed by atoms with van der Waals surface area (Å²) in [6, 6.07) is 0. The second-order valence-electron chi connectivity index (χ2n) is 1.99. The second-order valence-corrected chi connectivity index (χ2v) is 1.99. The number of amides is 1. The van der Waals surface area contributed by atoms with Crippen molar-refractivity contribution in [1.29, 1.82) is 0 Å². The molecule has 0 rings (SSSR count). The van der Waals surface area contributed by atoms with Gasteiger partial charge in [-0.2, -0.15) is 0 Å². The van der Waals surface area contributed by atoms with E-state index in [4.69, 9.17) is 5.73 Å². The van der Waals surface area contributed by atoms with Gasteiger partial charge < -0.3 is 11.1 Å². The normalized spacial score (nSPS) is 11.8. The van der Waals surface area contributed by atoms with Crippen molar-refractivity contribution in [3.8, 4) is 0 Å². The molecule has 0 atom stereocenters. The van der Waals surface area contributed by atoms with Crippen molar-refractivity contribution in [1.82, 2.24) is 5.32 Å². The summed E-state index contributed by atoms with van der Waals surface area (Å²) in [6.07, 6.45) is 1.33. The summed E-state index contributed by atoms with van der Waals surface area (Å²) in [5, 5.41) is 2.41. The molecule has 0 aliphatic carbocycles. The largest absolute Gasteiger partial charge is 0.402 e. The van der Waals surface area contributed by atoms with E-state index in [2.05, 4.69) is 11.9 Å². The maximum Gasteiger partial charge on any atom is 0.252 e. The molecular formula is C7H12N2O. The maximum absolute atomic E-state index is 10.9. The quantitative estimate of drug-likeness (QED) is 0.549. The van der Waals surface area contributed by atoms with Crippen LogP contribution in [0.25, 0.3) is 0 Å². The van der Waals surface area contributed by atoms with Gasteiger partial charge in [-0.3, -0.25) is 4.79 Å². The second kappa shape index (κ2) is 3.71. The highest BCUT2D eigenvalue weighted by molar-refractivity contribution is 5.93. The first-order chi connectivity index (χ1) is 4.59. The maximum atomic E-state index is 10.9. The van der Waals surface area contributed by atoms with E-state index in [1.165, 1.54) is 6.20 Å². The van der Waals surface area contributed by atoms with Crippen LogP contribution >= 0.6 is 0 Å². The SMILES string of the molecule is C=CNC(=O)/C(C)=C(/C)N. The van der Waals surface area contributed by atoms with E-state index in [9.17, 15) is 4.79 Å². The Balaban J connectivity index is 4.22. The highest BCUT2D eigenvalue weighted by atomic mass is 16.1. The van der Waals surface area contributed by atoms with E-state index in [1.54, 1.807) is 13.8 Å². The van der Waals surface area contributed by atoms with Gasteiger partial charge >= 0.3 is 0 Å². The van der Waals surface area contributed by atoms with E-state index < -0.39 is 0 Å². The summed E-state index contributed by atoms with van der Waals surface area (Å²) in [4.78, 5) is 10.9. The number of nitrogens with one attached hydrogen (secondary N) is 1. The summed E-state index contributed by atoms with van der Waals surface area (Å²) < 4.78 is 0. The minimum Gasteiger partial charge on any atom is -0.402 e. The number of carbonyl (C=O) groups excluding carboxylic acids is 1. The Labute approximate surface area is 60.6 Å². The fourth-order valence-electron chi connectivity index (χ4n) is 0.380. The molecule has 3 N–H and O–H groups in total. The van der Waals surface area contributed by atoms with Crippen LogP contribution in [0.5, 0.6) is 0 Å². The number of nitrogens with two attached hydrogens (primary N) is 1. The molecule has 56 valence electrons. The van der Waals surface area contributed by atoms with Gasteiger partial charge in [-0.25, -0.2) is 0 Å². The Morgan fingerprint density at radius 1 is 1.60 bits per heavy atom. The summed E-state index contributed by atoms with van der Waals surface area (Å²) in [6.45, 7) is 6.69. The van der Waals surface area contributed by atoms with Gasteiger partial charge in [-0.15, -0.1) is 0 Å². The van der Waals surface area contributed by atoms with Crippen LogP contribution in [-0.2, 0) is 4.79 Å². The minimum absolute atomic E-state index is 0.199. The predicted octanol–water partition coefficient (Wildman–Crippen LogP) is 0.499. The molecule has 0 saturated carbocycles. The van der Waals surface area contributed by atoms with Gasteiger partial charge in [0, 0.05) is 11.3 Å². The van der Waals surface area contributed by atoms with Crippen LogP contribution in [0.3, 0.4) is 0 Å². The number of carbonyl (C=O) groups is 1. The van der Waals surface area contributed by atoms with Crippen molar-refractivity contribution in [2.24, 2.45) is 5.73 Å². The molecule has 0 spiro atoms. The summed E-state index contributed by atoms with van der Waals surface area (Å²) in [5.74, 6) is -0.199. The van der Waals surface area contributed by atoms with Crippen LogP contribution < -0.4 is 11.1 Å². The molecule has 0 radical (unpaired) electrons. The monoisotopic (exact) mass is 140 g/mol. The zero-order valence-corrected chi connectivity index (χ0v) is 6.27. The van der Waals surface area contributed by atoms with Gasteiger partial charge in [-0.1, -0.05) is 6.58 Å². The van der Waals surface area contributed by atoms with Gasteiger partial charge in [0.2, 0.25) is 0 Å². The average molecular weight is 140 g/mol. The summed E-state index contributed by atoms with van der Waals surface area (Å²) in [7, 11) is 0. The average Bonchev–Trinajstić information content (AvgIpc) is 1.87. The Hall–Kier alpha value is -1.25. The van der Waals surface area contributed by atoms with Crippen molar-refractivity contribution >= 4 is 5.91 Å². The molecule has 0 aliphatic heterocycles. The predicted molar refractivity (Wildman–Crippen MR) is 40.9 cm³/mol. The standard InChI is InChI=1S/C7H12N2O/c1-4-9-7(10)5(2)6(3)8/h4H,1,8H2,2-3H3,(H,9,10)/b6-5-. The Morgan fingerprint density at radius 2 is 2.10 bits per heavy atom. The third-order valence-corrected chi connectivity index (χ3v) is 1.17. The topological polar surface area (TPSA) is 55.1 Å². The van der Waals surface area contributed by atoms with E-state index >= 15 is 0 Å². The lowest BCUT2D eigenvalue weighted by Crippen LogP contribution is -2.19. The van der Waals surface area contributed by atoms with E-state index in [1.807, 2.05) is 0 Å². The Morgan fingerprint density at radius 3 is 2.40 bits per heavy atom. The van der Waals surface area contributed by atoms with Crippen LogP contribution in [0.2, 0.25) is 0 Å². The fourth-order valence-corrected chi connectivity index (χ4v) is 0.380. The Kier molecular flexibility index (Phi) is 3.25. The van der Waals surface area contributed by atoms with Crippen LogP contribution in [0.4, 0.5) is 0 Å². The number of rotatable bonds is 2. The lowest BCUT2D eigenvalue weighted by Gasteiger charge is -2.00. The van der Waals surface area contributed by atoms with Crippen LogP contribution in [-0.4, -0.2) is 5.91 Å². The molecule has 0 aromatic heterocycles. The van der Waals surface area contributed by atoms with E-state index in [0.717, 1.165) is 0 Å². The molecule has 1 amide bonds. The van der Waals surface area contributed by atoms with Gasteiger partial charge in [0.05, 0.1) is 0 Å². The number of hydrogen-bond donors (Lipinski definition) is 2. The third kappa shape index (κ3) is 2.35. The zero-order valence-electron chi connectivity index (χ0n) is 6.27. The van der Waals surface area contributed by atoms with Crippen molar-refractivity contribution < 1.29 is 4.79 Å². The smallest absolute Gasteiger partial charge is 0.252 e. The molecule has 0 fully saturated rings. The lowest BCUT2D eigenvalue weighted by atomic mass is 10.2. The van der Waals surface area contributed by atoms with Gasteiger partial charge in [0.1, 0.15) is 0 Å². The summed E-state index contributed by atoms with van der Waals surface area (Å²) >= 11 is 0. The molecule has 3 nitrogen and oxygen atoms in total. The molecule has 3 heteroatoms. The first-order valence-electron chi connectivity index (χ1n) is 2.94. The minimum atomic E-state index is -0.199. The van der Waals surface area contributed by atoms with Crippen molar-refractivity contribution in [3.05, 3.63) is 24.0 Å². The summed E-state index contributed by atoms with van der Waals surface area (Å²) in [5.41, 5.74) is 6.41. The van der Waals surface area contributed by atoms with E-state index in [-0.39, 0.29) is 5.91 Å². The first kappa shape index (κ1) is 8.75. The first-order valence-corrected chi connectivity index (χ1v) is 2.94. The number of hydrogen-bond acceptors (Lipinski definition) is 2. The van der Waals surface area contributed by atoms with Crippen molar-refractivity contribution in [2.45, 2.75) is 13.8 Å². The van der Waals surface area contributed by atoms with Crippen molar-refractivity contribution in [2.75, 3.05) is 0 Å². The van der Waals surface area contributed by atoms with Gasteiger partial charge in [0.15, 0.2) is 0 Å². The highest BCUT2D eigenvalue weighted by Crippen LogP contribution is 1.95. The molecule has 0 unspecified atom stereocenters. The van der Waals surface area contributed by atoms with Gasteiger partial charge in [0.25, 0.3) is 5.91 Å². The highest BCUT2D eigenvalue weighted by Gasteiger charge is 2.01. The van der Waals surface area contributed by atoms with Crippen LogP contribution in [0.15, 0.2) is 24.0 Å². The molecule has 0 bridgehead atoms. The van der Waals surface area contributed by atoms with E-state index in [0.29, 0.717) is 11.3 Å². The Bertz CT molecular complexity index is 178. The molecule has 0 saturated heterocycles. The molecule has 0 aromatic rings. The molecule has 0 heterocycles. The molecular weight excluding hydrogens is 128 g/mol.